The SMILES string of the molecule is COc1ccc(N2C[C@H](NC(=O)CC(C)(C)C)CC2=O)cc1. The normalized spacial score (nSPS) is 18.5. The number of methoxy groups -OCH3 is 1. The van der Waals surface area contributed by atoms with Gasteiger partial charge in [-0.15, -0.1) is 0 Å². The predicted molar refractivity (Wildman–Crippen MR) is 86.0 cm³/mol. The summed E-state index contributed by atoms with van der Waals surface area (Å²) in [6.07, 6.45) is 0.808. The van der Waals surface area contributed by atoms with Crippen LogP contribution < -0.4 is 15.0 Å². The summed E-state index contributed by atoms with van der Waals surface area (Å²) >= 11 is 0. The van der Waals surface area contributed by atoms with Crippen LogP contribution in [-0.4, -0.2) is 31.5 Å². The second-order valence-corrected chi connectivity index (χ2v) is 6.91. The van der Waals surface area contributed by atoms with Crippen molar-refractivity contribution in [3.63, 3.8) is 0 Å². The van der Waals surface area contributed by atoms with E-state index in [-0.39, 0.29) is 23.3 Å². The van der Waals surface area contributed by atoms with Crippen LogP contribution in [0.3, 0.4) is 0 Å². The Labute approximate surface area is 131 Å². The number of benzene rings is 1. The van der Waals surface area contributed by atoms with Crippen molar-refractivity contribution in [2.45, 2.75) is 39.7 Å². The summed E-state index contributed by atoms with van der Waals surface area (Å²) in [5.41, 5.74) is 0.779. The van der Waals surface area contributed by atoms with Crippen LogP contribution in [0.25, 0.3) is 0 Å². The second kappa shape index (κ2) is 6.38. The van der Waals surface area contributed by atoms with Gasteiger partial charge >= 0.3 is 0 Å². The third kappa shape index (κ3) is 4.23. The van der Waals surface area contributed by atoms with E-state index in [1.807, 2.05) is 45.0 Å². The van der Waals surface area contributed by atoms with Crippen LogP contribution in [0.4, 0.5) is 5.69 Å². The van der Waals surface area contributed by atoms with Gasteiger partial charge in [0.25, 0.3) is 0 Å². The molecule has 120 valence electrons. The Bertz CT molecular complexity index is 546. The van der Waals surface area contributed by atoms with Gasteiger partial charge in [-0.05, 0) is 29.7 Å². The van der Waals surface area contributed by atoms with Gasteiger partial charge in [0.05, 0.1) is 13.2 Å². The van der Waals surface area contributed by atoms with Crippen molar-refractivity contribution in [1.82, 2.24) is 5.32 Å². The molecule has 0 radical (unpaired) electrons. The number of hydrogen-bond donors (Lipinski definition) is 1. The Hall–Kier alpha value is -2.04. The molecule has 1 atom stereocenters. The highest BCUT2D eigenvalue weighted by Gasteiger charge is 2.32. The quantitative estimate of drug-likeness (QED) is 0.929. The summed E-state index contributed by atoms with van der Waals surface area (Å²) in [7, 11) is 1.61. The second-order valence-electron chi connectivity index (χ2n) is 6.91. The van der Waals surface area contributed by atoms with Gasteiger partial charge in [-0.25, -0.2) is 0 Å². The van der Waals surface area contributed by atoms with Crippen molar-refractivity contribution < 1.29 is 14.3 Å². The van der Waals surface area contributed by atoms with Gasteiger partial charge < -0.3 is 15.0 Å². The van der Waals surface area contributed by atoms with E-state index < -0.39 is 0 Å². The Kier molecular flexibility index (Phi) is 4.74. The fraction of sp³-hybridized carbons (Fsp3) is 0.529. The molecule has 0 unspecified atom stereocenters. The molecule has 1 aliphatic rings. The van der Waals surface area contributed by atoms with Crippen LogP contribution in [-0.2, 0) is 9.59 Å². The lowest BCUT2D eigenvalue weighted by Gasteiger charge is -2.20. The van der Waals surface area contributed by atoms with Gasteiger partial charge in [0, 0.05) is 25.1 Å². The first kappa shape index (κ1) is 16.3. The van der Waals surface area contributed by atoms with Crippen molar-refractivity contribution >= 4 is 17.5 Å². The van der Waals surface area contributed by atoms with Crippen molar-refractivity contribution in [1.29, 1.82) is 0 Å². The average Bonchev–Trinajstić information content (AvgIpc) is 2.77. The zero-order chi connectivity index (χ0) is 16.3. The van der Waals surface area contributed by atoms with Crippen LogP contribution in [0.1, 0.15) is 33.6 Å². The summed E-state index contributed by atoms with van der Waals surface area (Å²) in [6.45, 7) is 6.59. The summed E-state index contributed by atoms with van der Waals surface area (Å²) in [6, 6.07) is 7.25. The first-order valence-electron chi connectivity index (χ1n) is 7.52. The molecule has 0 aromatic heterocycles. The largest absolute Gasteiger partial charge is 0.497 e. The van der Waals surface area contributed by atoms with Gasteiger partial charge in [0.2, 0.25) is 11.8 Å². The van der Waals surface area contributed by atoms with Gasteiger partial charge in [-0.3, -0.25) is 9.59 Å². The number of nitrogens with zero attached hydrogens (tertiary/aromatic N) is 1. The van der Waals surface area contributed by atoms with Crippen LogP contribution in [0.5, 0.6) is 5.75 Å². The molecule has 1 fully saturated rings. The lowest BCUT2D eigenvalue weighted by atomic mass is 9.92. The maximum absolute atomic E-state index is 12.1. The molecule has 0 aliphatic carbocycles. The van der Waals surface area contributed by atoms with Crippen molar-refractivity contribution in [2.24, 2.45) is 5.41 Å². The number of hydrogen-bond acceptors (Lipinski definition) is 3. The van der Waals surface area contributed by atoms with E-state index in [1.54, 1.807) is 12.0 Å². The maximum Gasteiger partial charge on any atom is 0.229 e. The topological polar surface area (TPSA) is 58.6 Å². The maximum atomic E-state index is 12.1. The molecule has 5 nitrogen and oxygen atoms in total. The van der Waals surface area contributed by atoms with Crippen LogP contribution >= 0.6 is 0 Å². The predicted octanol–water partition coefficient (Wildman–Crippen LogP) is 2.35. The molecular weight excluding hydrogens is 280 g/mol. The van der Waals surface area contributed by atoms with Crippen LogP contribution in [0.15, 0.2) is 24.3 Å². The third-order valence-electron chi connectivity index (χ3n) is 3.57. The molecule has 1 aromatic rings. The fourth-order valence-corrected chi connectivity index (χ4v) is 2.58. The molecular formula is C17H24N2O3. The number of rotatable bonds is 4. The molecule has 5 heteroatoms. The highest BCUT2D eigenvalue weighted by atomic mass is 16.5. The van der Waals surface area contributed by atoms with E-state index in [9.17, 15) is 9.59 Å². The number of amides is 2. The zero-order valence-corrected chi connectivity index (χ0v) is 13.7. The van der Waals surface area contributed by atoms with E-state index in [4.69, 9.17) is 4.74 Å². The highest BCUT2D eigenvalue weighted by molar-refractivity contribution is 5.96. The summed E-state index contributed by atoms with van der Waals surface area (Å²) < 4.78 is 5.12. The van der Waals surface area contributed by atoms with Gasteiger partial charge in [-0.2, -0.15) is 0 Å². The van der Waals surface area contributed by atoms with Gasteiger partial charge in [-0.1, -0.05) is 20.8 Å². The van der Waals surface area contributed by atoms with E-state index in [1.165, 1.54) is 0 Å². The Morgan fingerprint density at radius 2 is 1.95 bits per heavy atom. The summed E-state index contributed by atoms with van der Waals surface area (Å²) in [5.74, 6) is 0.790. The molecule has 0 spiro atoms. The number of anilines is 1. The minimum atomic E-state index is -0.121. The lowest BCUT2D eigenvalue weighted by molar-refractivity contribution is -0.123. The zero-order valence-electron chi connectivity index (χ0n) is 13.7. The van der Waals surface area contributed by atoms with Gasteiger partial charge in [0.1, 0.15) is 5.75 Å². The Morgan fingerprint density at radius 1 is 1.32 bits per heavy atom. The standard InChI is InChI=1S/C17H24N2O3/c1-17(2,3)10-15(20)18-12-9-16(21)19(11-12)13-5-7-14(22-4)8-6-13/h5-8,12H,9-11H2,1-4H3,(H,18,20)/t12-/m1/s1. The third-order valence-corrected chi connectivity index (χ3v) is 3.57. The molecule has 1 aliphatic heterocycles. The van der Waals surface area contributed by atoms with E-state index in [0.29, 0.717) is 19.4 Å². The smallest absolute Gasteiger partial charge is 0.229 e. The molecule has 1 aromatic carbocycles. The monoisotopic (exact) mass is 304 g/mol. The average molecular weight is 304 g/mol. The number of carbonyl (C=O) groups excluding carboxylic acids is 2. The molecule has 2 rings (SSSR count). The first-order valence-corrected chi connectivity index (χ1v) is 7.52. The Balaban J connectivity index is 1.97. The molecule has 0 bridgehead atoms. The molecule has 22 heavy (non-hydrogen) atoms. The van der Waals surface area contributed by atoms with Crippen LogP contribution in [0, 0.1) is 5.41 Å². The highest BCUT2D eigenvalue weighted by Crippen LogP contribution is 2.24. The van der Waals surface area contributed by atoms with Gasteiger partial charge in [0.15, 0.2) is 0 Å². The Morgan fingerprint density at radius 3 is 2.50 bits per heavy atom. The molecule has 2 amide bonds. The molecule has 0 saturated carbocycles. The first-order chi connectivity index (χ1) is 10.3. The van der Waals surface area contributed by atoms with E-state index in [0.717, 1.165) is 11.4 Å². The number of nitrogens with one attached hydrogen (secondary N) is 1. The molecule has 1 saturated heterocycles. The fourth-order valence-electron chi connectivity index (χ4n) is 2.58. The van der Waals surface area contributed by atoms with E-state index in [2.05, 4.69) is 5.32 Å². The van der Waals surface area contributed by atoms with Crippen molar-refractivity contribution in [3.8, 4) is 5.75 Å². The molecule has 1 N–H and O–H groups in total. The minimum Gasteiger partial charge on any atom is -0.497 e. The number of carbonyl (C=O) groups is 2. The number of ether oxygens (including phenoxy) is 1. The lowest BCUT2D eigenvalue weighted by Crippen LogP contribution is -2.38. The summed E-state index contributed by atoms with van der Waals surface area (Å²) in [5, 5.41) is 2.96. The summed E-state index contributed by atoms with van der Waals surface area (Å²) in [4.78, 5) is 25.9. The van der Waals surface area contributed by atoms with Crippen molar-refractivity contribution in [3.05, 3.63) is 24.3 Å². The van der Waals surface area contributed by atoms with E-state index >= 15 is 0 Å². The molecule has 1 heterocycles. The minimum absolute atomic E-state index is 0.00174. The van der Waals surface area contributed by atoms with Crippen LogP contribution in [0.2, 0.25) is 0 Å². The van der Waals surface area contributed by atoms with Crippen molar-refractivity contribution in [2.75, 3.05) is 18.6 Å².